The Kier molecular flexibility index (Phi) is 5.97. The van der Waals surface area contributed by atoms with Crippen LogP contribution in [-0.4, -0.2) is 39.9 Å². The number of sulfone groups is 1. The van der Waals surface area contributed by atoms with Crippen LogP contribution in [0.25, 0.3) is 34.3 Å². The minimum atomic E-state index is -3.33. The maximum absolute atomic E-state index is 12.4. The predicted molar refractivity (Wildman–Crippen MR) is 128 cm³/mol. The number of nitrogens with zero attached hydrogens (tertiary/aromatic N) is 4. The topological polar surface area (TPSA) is 111 Å². The molecular weight excluding hydrogens is 450 g/mol. The van der Waals surface area contributed by atoms with E-state index in [-0.39, 0.29) is 10.8 Å². The Labute approximate surface area is 198 Å². The summed E-state index contributed by atoms with van der Waals surface area (Å²) in [5.74, 6) is 0.676. The van der Waals surface area contributed by atoms with Crippen LogP contribution in [0.15, 0.2) is 70.2 Å². The van der Waals surface area contributed by atoms with Gasteiger partial charge in [0.1, 0.15) is 5.69 Å². The SMILES string of the molecule is CC(C)S(=O)(=O)c1ccc(-c2cncc(-c3nnc(-c4ccc(CNC5CC5)cc4)o3)n2)cc1. The van der Waals surface area contributed by atoms with Crippen molar-refractivity contribution in [1.82, 2.24) is 25.5 Å². The monoisotopic (exact) mass is 475 g/mol. The van der Waals surface area contributed by atoms with Crippen molar-refractivity contribution in [1.29, 1.82) is 0 Å². The lowest BCUT2D eigenvalue weighted by Crippen LogP contribution is -2.14. The molecule has 1 aliphatic rings. The van der Waals surface area contributed by atoms with Crippen molar-refractivity contribution in [3.05, 3.63) is 66.5 Å². The Morgan fingerprint density at radius 2 is 1.56 bits per heavy atom. The molecule has 0 radical (unpaired) electrons. The van der Waals surface area contributed by atoms with Crippen molar-refractivity contribution >= 4 is 9.84 Å². The van der Waals surface area contributed by atoms with Gasteiger partial charge >= 0.3 is 0 Å². The van der Waals surface area contributed by atoms with Gasteiger partial charge in [-0.05, 0) is 56.5 Å². The first-order valence-corrected chi connectivity index (χ1v) is 12.8. The summed E-state index contributed by atoms with van der Waals surface area (Å²) in [7, 11) is -3.33. The molecule has 0 atom stereocenters. The molecule has 2 aromatic carbocycles. The Balaban J connectivity index is 1.34. The van der Waals surface area contributed by atoms with E-state index < -0.39 is 15.1 Å². The molecule has 0 unspecified atom stereocenters. The standard InChI is InChI=1S/C25H25N5O3S/c1-16(2)34(31,32)21-11-7-18(8-12-21)22-14-26-15-23(28-22)25-30-29-24(33-25)19-5-3-17(4-6-19)13-27-20-9-10-20/h3-8,11-12,14-16,20,27H,9-10,13H2,1-2H3. The zero-order valence-electron chi connectivity index (χ0n) is 19.0. The van der Waals surface area contributed by atoms with Crippen molar-refractivity contribution in [2.45, 2.75) is 49.4 Å². The molecule has 9 heteroatoms. The molecule has 0 aliphatic heterocycles. The second-order valence-corrected chi connectivity index (χ2v) is 11.2. The van der Waals surface area contributed by atoms with Gasteiger partial charge < -0.3 is 9.73 Å². The average molecular weight is 476 g/mol. The third-order valence-corrected chi connectivity index (χ3v) is 7.92. The highest BCUT2D eigenvalue weighted by Gasteiger charge is 2.20. The molecule has 0 spiro atoms. The summed E-state index contributed by atoms with van der Waals surface area (Å²) >= 11 is 0. The van der Waals surface area contributed by atoms with E-state index in [0.29, 0.717) is 23.3 Å². The summed E-state index contributed by atoms with van der Waals surface area (Å²) in [5.41, 5.74) is 3.81. The second-order valence-electron chi connectivity index (χ2n) is 8.67. The molecule has 1 saturated carbocycles. The fourth-order valence-electron chi connectivity index (χ4n) is 3.45. The molecule has 2 heterocycles. The fourth-order valence-corrected chi connectivity index (χ4v) is 4.51. The average Bonchev–Trinajstić information content (AvgIpc) is 3.56. The van der Waals surface area contributed by atoms with Crippen LogP contribution < -0.4 is 5.32 Å². The summed E-state index contributed by atoms with van der Waals surface area (Å²) in [6.45, 7) is 4.18. The number of hydrogen-bond acceptors (Lipinski definition) is 8. The van der Waals surface area contributed by atoms with Gasteiger partial charge in [-0.25, -0.2) is 13.4 Å². The van der Waals surface area contributed by atoms with Crippen LogP contribution in [0.3, 0.4) is 0 Å². The number of nitrogens with one attached hydrogen (secondary N) is 1. The van der Waals surface area contributed by atoms with Gasteiger partial charge in [-0.3, -0.25) is 4.98 Å². The van der Waals surface area contributed by atoms with Crippen LogP contribution in [0.4, 0.5) is 0 Å². The van der Waals surface area contributed by atoms with Gasteiger partial charge in [0.2, 0.25) is 5.89 Å². The number of hydrogen-bond donors (Lipinski definition) is 1. The molecule has 34 heavy (non-hydrogen) atoms. The highest BCUT2D eigenvalue weighted by Crippen LogP contribution is 2.26. The molecule has 1 N–H and O–H groups in total. The maximum Gasteiger partial charge on any atom is 0.268 e. The quantitative estimate of drug-likeness (QED) is 0.402. The highest BCUT2D eigenvalue weighted by atomic mass is 32.2. The zero-order valence-corrected chi connectivity index (χ0v) is 19.8. The van der Waals surface area contributed by atoms with E-state index in [9.17, 15) is 8.42 Å². The van der Waals surface area contributed by atoms with Crippen molar-refractivity contribution in [3.8, 4) is 34.3 Å². The Morgan fingerprint density at radius 3 is 2.24 bits per heavy atom. The Bertz CT molecular complexity index is 1390. The number of rotatable bonds is 8. The van der Waals surface area contributed by atoms with Gasteiger partial charge in [-0.15, -0.1) is 10.2 Å². The summed E-state index contributed by atoms with van der Waals surface area (Å²) in [4.78, 5) is 9.13. The molecule has 2 aromatic heterocycles. The molecule has 8 nitrogen and oxygen atoms in total. The normalized spacial score (nSPS) is 14.0. The molecule has 0 bridgehead atoms. The minimum absolute atomic E-state index is 0.267. The Morgan fingerprint density at radius 1 is 0.912 bits per heavy atom. The fraction of sp³-hybridized carbons (Fsp3) is 0.280. The molecule has 5 rings (SSSR count). The van der Waals surface area contributed by atoms with E-state index in [1.54, 1.807) is 50.5 Å². The first-order chi connectivity index (χ1) is 16.4. The van der Waals surface area contributed by atoms with Crippen LogP contribution in [-0.2, 0) is 16.4 Å². The van der Waals surface area contributed by atoms with Crippen molar-refractivity contribution < 1.29 is 12.8 Å². The molecule has 1 aliphatic carbocycles. The summed E-state index contributed by atoms with van der Waals surface area (Å²) in [5, 5.41) is 11.3. The summed E-state index contributed by atoms with van der Waals surface area (Å²) < 4.78 is 30.6. The molecule has 4 aromatic rings. The third kappa shape index (κ3) is 4.76. The van der Waals surface area contributed by atoms with Crippen molar-refractivity contribution in [2.24, 2.45) is 0 Å². The minimum Gasteiger partial charge on any atom is -0.415 e. The van der Waals surface area contributed by atoms with Gasteiger partial charge in [0.25, 0.3) is 5.89 Å². The smallest absolute Gasteiger partial charge is 0.268 e. The highest BCUT2D eigenvalue weighted by molar-refractivity contribution is 7.92. The van der Waals surface area contributed by atoms with E-state index >= 15 is 0 Å². The van der Waals surface area contributed by atoms with Crippen LogP contribution >= 0.6 is 0 Å². The van der Waals surface area contributed by atoms with Gasteiger partial charge in [0, 0.05) is 23.7 Å². The molecule has 174 valence electrons. The molecule has 0 amide bonds. The number of benzene rings is 2. The van der Waals surface area contributed by atoms with Gasteiger partial charge in [0.05, 0.1) is 28.2 Å². The first kappa shape index (κ1) is 22.4. The van der Waals surface area contributed by atoms with E-state index in [0.717, 1.165) is 17.7 Å². The molecular formula is C25H25N5O3S. The van der Waals surface area contributed by atoms with Gasteiger partial charge in [-0.1, -0.05) is 24.3 Å². The largest absolute Gasteiger partial charge is 0.415 e. The van der Waals surface area contributed by atoms with Crippen LogP contribution in [0, 0.1) is 0 Å². The molecule has 1 fully saturated rings. The van der Waals surface area contributed by atoms with E-state index in [1.807, 2.05) is 12.1 Å². The van der Waals surface area contributed by atoms with Crippen molar-refractivity contribution in [3.63, 3.8) is 0 Å². The van der Waals surface area contributed by atoms with Crippen LogP contribution in [0.2, 0.25) is 0 Å². The van der Waals surface area contributed by atoms with Gasteiger partial charge in [0.15, 0.2) is 9.84 Å². The first-order valence-electron chi connectivity index (χ1n) is 11.2. The van der Waals surface area contributed by atoms with Crippen molar-refractivity contribution in [2.75, 3.05) is 0 Å². The van der Waals surface area contributed by atoms with Crippen LogP contribution in [0.5, 0.6) is 0 Å². The van der Waals surface area contributed by atoms with E-state index in [2.05, 4.69) is 37.6 Å². The Hall–Kier alpha value is -3.43. The number of aromatic nitrogens is 4. The zero-order chi connectivity index (χ0) is 23.7. The predicted octanol–water partition coefficient (Wildman–Crippen LogP) is 4.29. The van der Waals surface area contributed by atoms with E-state index in [1.165, 1.54) is 18.4 Å². The second kappa shape index (κ2) is 9.08. The lowest BCUT2D eigenvalue weighted by atomic mass is 10.1. The maximum atomic E-state index is 12.4. The van der Waals surface area contributed by atoms with Crippen LogP contribution in [0.1, 0.15) is 32.3 Å². The summed E-state index contributed by atoms with van der Waals surface area (Å²) in [6.07, 6.45) is 5.70. The lowest BCUT2D eigenvalue weighted by Gasteiger charge is -2.08. The third-order valence-electron chi connectivity index (χ3n) is 5.75. The van der Waals surface area contributed by atoms with E-state index in [4.69, 9.17) is 4.42 Å². The molecule has 0 saturated heterocycles. The van der Waals surface area contributed by atoms with Gasteiger partial charge in [-0.2, -0.15) is 0 Å². The lowest BCUT2D eigenvalue weighted by molar-refractivity contribution is 0.581. The summed E-state index contributed by atoms with van der Waals surface area (Å²) in [6, 6.07) is 15.3.